The van der Waals surface area contributed by atoms with Crippen LogP contribution < -0.4 is 0 Å². The van der Waals surface area contributed by atoms with Crippen LogP contribution in [0.15, 0.2) is 24.8 Å². The van der Waals surface area contributed by atoms with E-state index in [0.717, 1.165) is 11.1 Å². The molecule has 1 aliphatic heterocycles. The van der Waals surface area contributed by atoms with Crippen molar-refractivity contribution in [1.82, 2.24) is 0 Å². The molecular weight excluding hydrogens is 204 g/mol. The van der Waals surface area contributed by atoms with Crippen LogP contribution in [-0.4, -0.2) is 25.3 Å². The molecule has 3 nitrogen and oxygen atoms in total. The quantitative estimate of drug-likeness (QED) is 0.574. The topological polar surface area (TPSA) is 38.8 Å². The van der Waals surface area contributed by atoms with Crippen molar-refractivity contribution in [2.45, 2.75) is 13.0 Å². The highest BCUT2D eigenvalue weighted by Gasteiger charge is 2.25. The Hall–Kier alpha value is -1.61. The number of carbonyl (C=O) groups is 1. The van der Waals surface area contributed by atoms with E-state index in [2.05, 4.69) is 6.58 Å². The Bertz CT molecular complexity index is 419. The summed E-state index contributed by atoms with van der Waals surface area (Å²) in [7, 11) is 0. The molecule has 1 heterocycles. The third-order valence-electron chi connectivity index (χ3n) is 2.55. The molecule has 1 aliphatic rings. The number of hydrogen-bond acceptors (Lipinski definition) is 3. The van der Waals surface area contributed by atoms with Gasteiger partial charge >= 0.3 is 5.97 Å². The average molecular weight is 218 g/mol. The first-order valence-electron chi connectivity index (χ1n) is 5.23. The first-order chi connectivity index (χ1) is 7.72. The summed E-state index contributed by atoms with van der Waals surface area (Å²) >= 11 is 0. The van der Waals surface area contributed by atoms with E-state index < -0.39 is 0 Å². The minimum absolute atomic E-state index is 0.0981. The molecule has 0 aromatic heterocycles. The zero-order chi connectivity index (χ0) is 11.5. The molecule has 3 heteroatoms. The molecule has 0 bridgehead atoms. The standard InChI is InChI=1S/C13H14O3/c1-3-11-9(2)5-4-6-12(11)13(14)16-8-10-7-15-10/h3-6,10H,1,7-8H2,2H3. The fourth-order valence-corrected chi connectivity index (χ4v) is 1.54. The minimum atomic E-state index is -0.311. The van der Waals surface area contributed by atoms with Gasteiger partial charge < -0.3 is 9.47 Å². The second kappa shape index (κ2) is 4.49. The summed E-state index contributed by atoms with van der Waals surface area (Å²) in [5, 5.41) is 0. The maximum absolute atomic E-state index is 11.8. The molecule has 0 spiro atoms. The molecule has 0 radical (unpaired) electrons. The van der Waals surface area contributed by atoms with Crippen molar-refractivity contribution in [3.8, 4) is 0 Å². The molecule has 0 amide bonds. The Balaban J connectivity index is 2.14. The summed E-state index contributed by atoms with van der Waals surface area (Å²) in [6.07, 6.45) is 1.78. The van der Waals surface area contributed by atoms with Crippen LogP contribution in [0.2, 0.25) is 0 Å². The van der Waals surface area contributed by atoms with Crippen molar-refractivity contribution in [3.05, 3.63) is 41.5 Å². The van der Waals surface area contributed by atoms with Crippen LogP contribution in [0, 0.1) is 6.92 Å². The Morgan fingerprint density at radius 3 is 3.06 bits per heavy atom. The van der Waals surface area contributed by atoms with Gasteiger partial charge in [-0.1, -0.05) is 24.8 Å². The lowest BCUT2D eigenvalue weighted by Crippen LogP contribution is -2.11. The van der Waals surface area contributed by atoms with E-state index >= 15 is 0 Å². The van der Waals surface area contributed by atoms with Gasteiger partial charge in [0.25, 0.3) is 0 Å². The zero-order valence-electron chi connectivity index (χ0n) is 9.23. The maximum atomic E-state index is 11.8. The third kappa shape index (κ3) is 2.31. The van der Waals surface area contributed by atoms with Crippen molar-refractivity contribution in [2.75, 3.05) is 13.2 Å². The lowest BCUT2D eigenvalue weighted by atomic mass is 10.0. The monoisotopic (exact) mass is 218 g/mol. The van der Waals surface area contributed by atoms with E-state index in [9.17, 15) is 4.79 Å². The molecule has 84 valence electrons. The largest absolute Gasteiger partial charge is 0.459 e. The molecule has 1 fully saturated rings. The van der Waals surface area contributed by atoms with Crippen LogP contribution in [0.4, 0.5) is 0 Å². The summed E-state index contributed by atoms with van der Waals surface area (Å²) in [4.78, 5) is 11.8. The number of rotatable bonds is 4. The number of aryl methyl sites for hydroxylation is 1. The normalized spacial score (nSPS) is 17.9. The van der Waals surface area contributed by atoms with Gasteiger partial charge in [-0.25, -0.2) is 4.79 Å². The average Bonchev–Trinajstić information content (AvgIpc) is 3.09. The number of hydrogen-bond donors (Lipinski definition) is 0. The lowest BCUT2D eigenvalue weighted by Gasteiger charge is -2.08. The number of ether oxygens (including phenoxy) is 2. The van der Waals surface area contributed by atoms with Crippen molar-refractivity contribution >= 4 is 12.0 Å². The highest BCUT2D eigenvalue weighted by Crippen LogP contribution is 2.17. The van der Waals surface area contributed by atoms with Crippen molar-refractivity contribution in [3.63, 3.8) is 0 Å². The molecule has 1 aromatic carbocycles. The molecule has 1 saturated heterocycles. The van der Waals surface area contributed by atoms with Gasteiger partial charge in [0.1, 0.15) is 12.7 Å². The smallest absolute Gasteiger partial charge is 0.338 e. The van der Waals surface area contributed by atoms with E-state index in [4.69, 9.17) is 9.47 Å². The summed E-state index contributed by atoms with van der Waals surface area (Å²) in [5.41, 5.74) is 2.42. The molecule has 0 N–H and O–H groups in total. The summed E-state index contributed by atoms with van der Waals surface area (Å²) in [5.74, 6) is -0.311. The second-order valence-corrected chi connectivity index (χ2v) is 3.79. The van der Waals surface area contributed by atoms with Gasteiger partial charge in [0.05, 0.1) is 12.2 Å². The Labute approximate surface area is 94.7 Å². The Kier molecular flexibility index (Phi) is 3.06. The summed E-state index contributed by atoms with van der Waals surface area (Å²) < 4.78 is 10.1. The van der Waals surface area contributed by atoms with Crippen molar-refractivity contribution in [2.24, 2.45) is 0 Å². The molecular formula is C13H14O3. The number of esters is 1. The zero-order valence-corrected chi connectivity index (χ0v) is 9.23. The predicted molar refractivity (Wildman–Crippen MR) is 61.3 cm³/mol. The second-order valence-electron chi connectivity index (χ2n) is 3.79. The Morgan fingerprint density at radius 1 is 1.69 bits per heavy atom. The number of carbonyl (C=O) groups excluding carboxylic acids is 1. The summed E-state index contributed by atoms with van der Waals surface area (Å²) in [6, 6.07) is 5.53. The van der Waals surface area contributed by atoms with E-state index in [-0.39, 0.29) is 12.1 Å². The van der Waals surface area contributed by atoms with E-state index in [0.29, 0.717) is 18.8 Å². The SMILES string of the molecule is C=Cc1c(C)cccc1C(=O)OCC1CO1. The molecule has 16 heavy (non-hydrogen) atoms. The van der Waals surface area contributed by atoms with Gasteiger partial charge in [0.2, 0.25) is 0 Å². The molecule has 1 atom stereocenters. The first kappa shape index (κ1) is 10.9. The third-order valence-corrected chi connectivity index (χ3v) is 2.55. The molecule has 0 saturated carbocycles. The van der Waals surface area contributed by atoms with E-state index in [1.807, 2.05) is 19.1 Å². The van der Waals surface area contributed by atoms with Crippen LogP contribution in [0.1, 0.15) is 21.5 Å². The van der Waals surface area contributed by atoms with Gasteiger partial charge in [-0.05, 0) is 24.1 Å². The first-order valence-corrected chi connectivity index (χ1v) is 5.23. The van der Waals surface area contributed by atoms with Gasteiger partial charge in [-0.2, -0.15) is 0 Å². The van der Waals surface area contributed by atoms with Crippen LogP contribution in [-0.2, 0) is 9.47 Å². The van der Waals surface area contributed by atoms with E-state index in [1.54, 1.807) is 12.1 Å². The molecule has 0 aliphatic carbocycles. The minimum Gasteiger partial charge on any atom is -0.459 e. The van der Waals surface area contributed by atoms with Crippen LogP contribution in [0.25, 0.3) is 6.08 Å². The van der Waals surface area contributed by atoms with Crippen molar-refractivity contribution < 1.29 is 14.3 Å². The van der Waals surface area contributed by atoms with E-state index in [1.165, 1.54) is 0 Å². The number of benzene rings is 1. The molecule has 1 aromatic rings. The fourth-order valence-electron chi connectivity index (χ4n) is 1.54. The van der Waals surface area contributed by atoms with Gasteiger partial charge in [-0.15, -0.1) is 0 Å². The van der Waals surface area contributed by atoms with Crippen LogP contribution >= 0.6 is 0 Å². The summed E-state index contributed by atoms with van der Waals surface area (Å²) in [6.45, 7) is 6.68. The maximum Gasteiger partial charge on any atom is 0.338 e. The van der Waals surface area contributed by atoms with Crippen molar-refractivity contribution in [1.29, 1.82) is 0 Å². The molecule has 1 unspecified atom stereocenters. The van der Waals surface area contributed by atoms with Gasteiger partial charge in [-0.3, -0.25) is 0 Å². The molecule has 2 rings (SSSR count). The van der Waals surface area contributed by atoms with Gasteiger partial charge in [0.15, 0.2) is 0 Å². The van der Waals surface area contributed by atoms with Crippen LogP contribution in [0.3, 0.4) is 0 Å². The predicted octanol–water partition coefficient (Wildman–Crippen LogP) is 2.19. The van der Waals surface area contributed by atoms with Gasteiger partial charge in [0, 0.05) is 0 Å². The fraction of sp³-hybridized carbons (Fsp3) is 0.308. The number of epoxide rings is 1. The highest BCUT2D eigenvalue weighted by atomic mass is 16.6. The van der Waals surface area contributed by atoms with Crippen LogP contribution in [0.5, 0.6) is 0 Å². The lowest BCUT2D eigenvalue weighted by molar-refractivity contribution is 0.0476. The Morgan fingerprint density at radius 2 is 2.44 bits per heavy atom. The highest BCUT2D eigenvalue weighted by molar-refractivity contribution is 5.94.